The van der Waals surface area contributed by atoms with Gasteiger partial charge in [-0.2, -0.15) is 0 Å². The Morgan fingerprint density at radius 2 is 1.61 bits per heavy atom. The number of aryl methyl sites for hydroxylation is 1. The number of hydrogen-bond donors (Lipinski definition) is 3. The van der Waals surface area contributed by atoms with Gasteiger partial charge in [0.25, 0.3) is 0 Å². The van der Waals surface area contributed by atoms with E-state index in [2.05, 4.69) is 0 Å². The second kappa shape index (κ2) is 10.9. The molecule has 0 saturated carbocycles. The van der Waals surface area contributed by atoms with E-state index in [1.54, 1.807) is 0 Å². The van der Waals surface area contributed by atoms with Crippen molar-refractivity contribution >= 4 is 56.6 Å². The number of carbonyl (C=O) groups excluding carboxylic acids is 1. The van der Waals surface area contributed by atoms with Gasteiger partial charge in [-0.1, -0.05) is 23.2 Å². The second-order valence-electron chi connectivity index (χ2n) is 7.53. The first-order valence-electron chi connectivity index (χ1n) is 9.59. The fourth-order valence-electron chi connectivity index (χ4n) is 3.58. The van der Waals surface area contributed by atoms with Gasteiger partial charge in [0.1, 0.15) is 27.0 Å². The number of halogens is 2. The molecular weight excluding hydrogens is 546 g/mol. The van der Waals surface area contributed by atoms with Crippen LogP contribution in [-0.2, 0) is 19.7 Å². The van der Waals surface area contributed by atoms with E-state index < -0.39 is 54.6 Å². The van der Waals surface area contributed by atoms with Crippen molar-refractivity contribution in [2.75, 3.05) is 0 Å². The summed E-state index contributed by atoms with van der Waals surface area (Å²) in [6, 6.07) is 4.37. The molecule has 0 spiro atoms. The van der Waals surface area contributed by atoms with Crippen LogP contribution in [0, 0.1) is 6.92 Å². The summed E-state index contributed by atoms with van der Waals surface area (Å²) in [4.78, 5) is 34.9. The molecule has 3 rings (SSSR count). The number of aromatic carboxylic acids is 1. The normalized spacial score (nSPS) is 15.0. The number of phenols is 1. The maximum Gasteiger partial charge on any atom is 1.00 e. The number of aliphatic carboxylic acids is 1. The van der Waals surface area contributed by atoms with Crippen molar-refractivity contribution < 1.29 is 72.2 Å². The summed E-state index contributed by atoms with van der Waals surface area (Å²) < 4.78 is 35.3. The van der Waals surface area contributed by atoms with Crippen LogP contribution in [0.5, 0.6) is 5.75 Å². The monoisotopic (exact) mass is 560 g/mol. The van der Waals surface area contributed by atoms with E-state index in [-0.39, 0.29) is 68.0 Å². The van der Waals surface area contributed by atoms with Gasteiger partial charge in [0, 0.05) is 5.56 Å². The Balaban J connectivity index is 0.00000456. The van der Waals surface area contributed by atoms with Gasteiger partial charge in [0.15, 0.2) is 5.78 Å². The van der Waals surface area contributed by atoms with Crippen molar-refractivity contribution in [1.29, 1.82) is 0 Å². The van der Waals surface area contributed by atoms with Crippen molar-refractivity contribution in [3.63, 3.8) is 0 Å². The predicted octanol–water partition coefficient (Wildman–Crippen LogP) is 0.956. The fraction of sp³-hybridized carbons (Fsp3) is 0.0870. The van der Waals surface area contributed by atoms with Gasteiger partial charge in [0.05, 0.1) is 14.9 Å². The zero-order valence-electron chi connectivity index (χ0n) is 18.9. The number of carboxylic acids is 2. The minimum absolute atomic E-state index is 0. The summed E-state index contributed by atoms with van der Waals surface area (Å²) in [5.74, 6) is -4.34. The SMILES string of the molecule is CC1=C/C(=C(\c2cc(C)c(O)c(C(=O)O)c2)c2c(Cl)ccc(S(=O)(=O)[O-])c2Cl)C=C(C(=O)O)C1=O.[Na+]. The molecule has 1 aliphatic carbocycles. The zero-order valence-corrected chi connectivity index (χ0v) is 23.2. The van der Waals surface area contributed by atoms with Gasteiger partial charge in [-0.3, -0.25) is 4.79 Å². The fourth-order valence-corrected chi connectivity index (χ4v) is 4.97. The summed E-state index contributed by atoms with van der Waals surface area (Å²) in [5, 5.41) is 28.5. The van der Waals surface area contributed by atoms with Crippen molar-refractivity contribution in [3.05, 3.63) is 85.4 Å². The van der Waals surface area contributed by atoms with Crippen molar-refractivity contribution in [2.45, 2.75) is 18.7 Å². The third-order valence-corrected chi connectivity index (χ3v) is 6.89. The van der Waals surface area contributed by atoms with Crippen LogP contribution >= 0.6 is 23.2 Å². The molecule has 0 aliphatic heterocycles. The van der Waals surface area contributed by atoms with E-state index in [1.165, 1.54) is 26.0 Å². The molecule has 1 aliphatic rings. The van der Waals surface area contributed by atoms with Crippen molar-refractivity contribution in [3.8, 4) is 5.75 Å². The number of aromatic hydroxyl groups is 1. The standard InChI is InChI=1S/C23H16Cl2O9S.Na/c1-9-5-11(7-13(20(9)26)22(28)29)17(12-6-10(2)21(27)14(8-12)23(30)31)18-15(24)3-4-16(19(18)25)35(32,33)34;/h3-8,26H,1-2H3,(H,28,29)(H,30,31)(H,32,33,34);/q;+1/p-1/b17-12-;. The molecule has 3 N–H and O–H groups in total. The van der Waals surface area contributed by atoms with E-state index in [0.29, 0.717) is 0 Å². The molecule has 0 unspecified atom stereocenters. The molecule has 0 aromatic heterocycles. The average Bonchev–Trinajstić information content (AvgIpc) is 2.73. The Hall–Kier alpha value is -2.44. The number of carboxylic acid groups (broad SMARTS) is 2. The maximum atomic E-state index is 12.3. The Bertz CT molecular complexity index is 1540. The van der Waals surface area contributed by atoms with Gasteiger partial charge in [0.2, 0.25) is 0 Å². The number of Topliss-reactive ketones (excluding diaryl/α,β-unsaturated/α-hetero) is 1. The molecule has 0 heterocycles. The third kappa shape index (κ3) is 5.60. The molecule has 0 saturated heterocycles. The van der Waals surface area contributed by atoms with E-state index >= 15 is 0 Å². The van der Waals surface area contributed by atoms with Crippen LogP contribution in [0.15, 0.2) is 58.0 Å². The number of benzene rings is 2. The second-order valence-corrected chi connectivity index (χ2v) is 9.67. The van der Waals surface area contributed by atoms with E-state index in [4.69, 9.17) is 23.2 Å². The quantitative estimate of drug-likeness (QED) is 0.273. The van der Waals surface area contributed by atoms with E-state index in [1.807, 2.05) is 0 Å². The summed E-state index contributed by atoms with van der Waals surface area (Å²) in [6.07, 6.45) is 2.29. The molecule has 0 fully saturated rings. The molecule has 9 nitrogen and oxygen atoms in total. The van der Waals surface area contributed by atoms with Crippen LogP contribution in [0.4, 0.5) is 0 Å². The maximum absolute atomic E-state index is 12.3. The summed E-state index contributed by atoms with van der Waals surface area (Å²) in [5.41, 5.74) is -1.26. The Labute approximate surface area is 237 Å². The summed E-state index contributed by atoms with van der Waals surface area (Å²) in [6.45, 7) is 2.75. The van der Waals surface area contributed by atoms with Crippen LogP contribution in [0.2, 0.25) is 10.0 Å². The molecule has 182 valence electrons. The number of hydrogen-bond acceptors (Lipinski definition) is 7. The third-order valence-electron chi connectivity index (χ3n) is 5.19. The van der Waals surface area contributed by atoms with Crippen LogP contribution < -0.4 is 29.6 Å². The Kier molecular flexibility index (Phi) is 9.01. The minimum Gasteiger partial charge on any atom is -0.744 e. The van der Waals surface area contributed by atoms with Crippen molar-refractivity contribution in [2.24, 2.45) is 0 Å². The predicted molar refractivity (Wildman–Crippen MR) is 125 cm³/mol. The van der Waals surface area contributed by atoms with E-state index in [9.17, 15) is 42.7 Å². The number of rotatable bonds is 5. The van der Waals surface area contributed by atoms with Gasteiger partial charge in [-0.25, -0.2) is 18.0 Å². The van der Waals surface area contributed by atoms with E-state index in [0.717, 1.165) is 24.3 Å². The first-order valence-corrected chi connectivity index (χ1v) is 11.7. The van der Waals surface area contributed by atoms with Gasteiger partial charge >= 0.3 is 41.5 Å². The smallest absolute Gasteiger partial charge is 0.744 e. The van der Waals surface area contributed by atoms with Crippen LogP contribution in [-0.4, -0.2) is 46.0 Å². The molecule has 2 aromatic carbocycles. The Morgan fingerprint density at radius 1 is 1.00 bits per heavy atom. The van der Waals surface area contributed by atoms with Crippen LogP contribution in [0.1, 0.15) is 34.0 Å². The Morgan fingerprint density at radius 3 is 2.14 bits per heavy atom. The molecule has 2 aromatic rings. The number of allylic oxidation sites excluding steroid dienone is 4. The largest absolute Gasteiger partial charge is 1.00 e. The van der Waals surface area contributed by atoms with Crippen LogP contribution in [0.25, 0.3) is 5.57 Å². The number of carbonyl (C=O) groups is 3. The topological polar surface area (TPSA) is 169 Å². The first-order chi connectivity index (χ1) is 16.1. The van der Waals surface area contributed by atoms with Gasteiger partial charge in [-0.05, 0) is 78.1 Å². The molecule has 0 bridgehead atoms. The molecule has 0 radical (unpaired) electrons. The molecular formula is C23H15Cl2NaO9S. The van der Waals surface area contributed by atoms with Gasteiger partial charge in [-0.15, -0.1) is 0 Å². The van der Waals surface area contributed by atoms with Gasteiger partial charge < -0.3 is 19.9 Å². The molecule has 36 heavy (non-hydrogen) atoms. The average molecular weight is 561 g/mol. The molecule has 0 amide bonds. The summed E-state index contributed by atoms with van der Waals surface area (Å²) >= 11 is 12.7. The number of ketones is 1. The van der Waals surface area contributed by atoms with Crippen molar-refractivity contribution in [1.82, 2.24) is 0 Å². The van der Waals surface area contributed by atoms with Crippen LogP contribution in [0.3, 0.4) is 0 Å². The summed E-state index contributed by atoms with van der Waals surface area (Å²) in [7, 11) is -5.08. The zero-order chi connectivity index (χ0) is 26.4. The molecule has 0 atom stereocenters. The molecule has 13 heteroatoms. The minimum atomic E-state index is -5.08. The first kappa shape index (κ1) is 29.8.